The molecule has 8 nitrogen and oxygen atoms in total. The molecule has 174 valence electrons. The highest BCUT2D eigenvalue weighted by Crippen LogP contribution is 2.35. The minimum Gasteiger partial charge on any atom is -0.480 e. The highest BCUT2D eigenvalue weighted by molar-refractivity contribution is 6.04. The summed E-state index contributed by atoms with van der Waals surface area (Å²) in [6.07, 6.45) is -2.07. The topological polar surface area (TPSA) is 102 Å². The lowest BCUT2D eigenvalue weighted by atomic mass is 10.00. The number of nitrogens with one attached hydrogen (secondary N) is 2. The molecule has 1 amide bonds. The number of hydrogen-bond donors (Lipinski definition) is 2. The van der Waals surface area contributed by atoms with Gasteiger partial charge in [0, 0.05) is 41.6 Å². The van der Waals surface area contributed by atoms with E-state index in [1.54, 1.807) is 31.4 Å². The van der Waals surface area contributed by atoms with Gasteiger partial charge in [0.25, 0.3) is 5.91 Å². The number of carbonyl (C=O) groups excluding carboxylic acids is 1. The average molecular weight is 468 g/mol. The minimum absolute atomic E-state index is 0.160. The monoisotopic (exact) mass is 468 g/mol. The summed E-state index contributed by atoms with van der Waals surface area (Å²) in [5.41, 5.74) is 1.76. The Labute approximate surface area is 192 Å². The highest BCUT2D eigenvalue weighted by Gasteiger charge is 2.33. The number of anilines is 2. The Hall–Kier alpha value is -4.28. The van der Waals surface area contributed by atoms with Gasteiger partial charge >= 0.3 is 6.18 Å². The lowest BCUT2D eigenvalue weighted by Crippen LogP contribution is -2.15. The predicted molar refractivity (Wildman–Crippen MR) is 121 cm³/mol. The molecule has 3 aromatic heterocycles. The van der Waals surface area contributed by atoms with Crippen LogP contribution in [0.25, 0.3) is 22.2 Å². The van der Waals surface area contributed by atoms with Crippen molar-refractivity contribution in [2.45, 2.75) is 13.1 Å². The van der Waals surface area contributed by atoms with Crippen LogP contribution in [-0.4, -0.2) is 40.0 Å². The molecule has 0 atom stereocenters. The third-order valence-corrected chi connectivity index (χ3v) is 5.05. The summed E-state index contributed by atoms with van der Waals surface area (Å²) in [4.78, 5) is 28.9. The molecule has 2 N–H and O–H groups in total. The van der Waals surface area contributed by atoms with E-state index < -0.39 is 17.8 Å². The molecule has 0 bridgehead atoms. The van der Waals surface area contributed by atoms with Crippen LogP contribution < -0.4 is 15.4 Å². The van der Waals surface area contributed by atoms with Gasteiger partial charge in [0.15, 0.2) is 5.65 Å². The first-order valence-corrected chi connectivity index (χ1v) is 10.0. The SMILES string of the molecule is CNc1ncc2cc(-c3cc(NC(=O)c4ccnc(C(F)(F)F)c4)ccc3C)c(OC)nc2n1. The maximum atomic E-state index is 12.9. The van der Waals surface area contributed by atoms with Crippen LogP contribution in [0, 0.1) is 6.92 Å². The third-order valence-electron chi connectivity index (χ3n) is 5.05. The molecule has 34 heavy (non-hydrogen) atoms. The van der Waals surface area contributed by atoms with E-state index in [-0.39, 0.29) is 5.56 Å². The first-order valence-electron chi connectivity index (χ1n) is 10.0. The maximum Gasteiger partial charge on any atom is 0.433 e. The lowest BCUT2D eigenvalue weighted by Gasteiger charge is -2.14. The van der Waals surface area contributed by atoms with Crippen LogP contribution in [0.2, 0.25) is 0 Å². The number of amides is 1. The van der Waals surface area contributed by atoms with E-state index >= 15 is 0 Å². The van der Waals surface area contributed by atoms with Crippen molar-refractivity contribution in [3.63, 3.8) is 0 Å². The molecular formula is C23H19F3N6O2. The largest absolute Gasteiger partial charge is 0.480 e. The fourth-order valence-corrected chi connectivity index (χ4v) is 3.34. The number of hydrogen-bond acceptors (Lipinski definition) is 7. The molecular weight excluding hydrogens is 449 g/mol. The Morgan fingerprint density at radius 2 is 1.82 bits per heavy atom. The van der Waals surface area contributed by atoms with Crippen molar-refractivity contribution in [1.82, 2.24) is 19.9 Å². The van der Waals surface area contributed by atoms with Gasteiger partial charge in [0.05, 0.1) is 7.11 Å². The first kappa shape index (κ1) is 22.9. The molecule has 0 saturated heterocycles. The van der Waals surface area contributed by atoms with Crippen LogP contribution in [0.5, 0.6) is 5.88 Å². The normalized spacial score (nSPS) is 11.4. The number of nitrogens with zero attached hydrogens (tertiary/aromatic N) is 4. The molecule has 0 aliphatic heterocycles. The van der Waals surface area contributed by atoms with Gasteiger partial charge in [-0.1, -0.05) is 6.07 Å². The van der Waals surface area contributed by atoms with E-state index in [2.05, 4.69) is 30.6 Å². The second-order valence-corrected chi connectivity index (χ2v) is 7.31. The summed E-state index contributed by atoms with van der Waals surface area (Å²) < 4.78 is 44.3. The molecule has 0 aliphatic carbocycles. The number of pyridine rings is 2. The maximum absolute atomic E-state index is 12.9. The fourth-order valence-electron chi connectivity index (χ4n) is 3.34. The zero-order valence-corrected chi connectivity index (χ0v) is 18.4. The van der Waals surface area contributed by atoms with E-state index in [1.807, 2.05) is 13.0 Å². The van der Waals surface area contributed by atoms with Gasteiger partial charge in [-0.25, -0.2) is 4.98 Å². The summed E-state index contributed by atoms with van der Waals surface area (Å²) in [7, 11) is 3.19. The molecule has 4 rings (SSSR count). The van der Waals surface area contributed by atoms with Crippen molar-refractivity contribution >= 4 is 28.6 Å². The molecule has 0 saturated carbocycles. The van der Waals surface area contributed by atoms with Crippen LogP contribution >= 0.6 is 0 Å². The van der Waals surface area contributed by atoms with Crippen molar-refractivity contribution < 1.29 is 22.7 Å². The van der Waals surface area contributed by atoms with Gasteiger partial charge < -0.3 is 15.4 Å². The number of benzene rings is 1. The average Bonchev–Trinajstić information content (AvgIpc) is 2.83. The van der Waals surface area contributed by atoms with Gasteiger partial charge in [-0.3, -0.25) is 9.78 Å². The number of aromatic nitrogens is 4. The van der Waals surface area contributed by atoms with Crippen molar-refractivity contribution in [2.75, 3.05) is 24.8 Å². The molecule has 3 heterocycles. The summed E-state index contributed by atoms with van der Waals surface area (Å²) in [6.45, 7) is 1.88. The minimum atomic E-state index is -4.65. The number of carbonyl (C=O) groups is 1. The van der Waals surface area contributed by atoms with Crippen LogP contribution in [-0.2, 0) is 6.18 Å². The molecule has 1 aromatic carbocycles. The van der Waals surface area contributed by atoms with Crippen LogP contribution in [0.15, 0.2) is 48.8 Å². The number of ether oxygens (including phenoxy) is 1. The van der Waals surface area contributed by atoms with E-state index in [0.29, 0.717) is 45.7 Å². The Kier molecular flexibility index (Phi) is 6.01. The molecule has 4 aromatic rings. The molecule has 0 unspecified atom stereocenters. The molecule has 0 radical (unpaired) electrons. The quantitative estimate of drug-likeness (QED) is 0.437. The first-order chi connectivity index (χ1) is 16.2. The van der Waals surface area contributed by atoms with Crippen molar-refractivity contribution in [3.8, 4) is 17.0 Å². The van der Waals surface area contributed by atoms with Gasteiger partial charge in [0.1, 0.15) is 5.69 Å². The molecule has 0 fully saturated rings. The van der Waals surface area contributed by atoms with Crippen LogP contribution in [0.3, 0.4) is 0 Å². The number of rotatable bonds is 5. The number of halogens is 3. The third kappa shape index (κ3) is 4.58. The van der Waals surface area contributed by atoms with Crippen molar-refractivity contribution in [2.24, 2.45) is 0 Å². The standard InChI is InChI=1S/C23H19F3N6O2/c1-12-4-5-15(30-20(33)13-6-7-28-18(9-13)23(24,25)26)10-16(12)17-8-14-11-29-22(27-2)32-19(14)31-21(17)34-3/h4-11H,1-3H3,(H,30,33)(H,27,29,31,32). The Bertz CT molecular complexity index is 1390. The zero-order chi connectivity index (χ0) is 24.5. The fraction of sp³-hybridized carbons (Fsp3) is 0.174. The van der Waals surface area contributed by atoms with Gasteiger partial charge in [0.2, 0.25) is 11.8 Å². The Morgan fingerprint density at radius 3 is 2.53 bits per heavy atom. The second-order valence-electron chi connectivity index (χ2n) is 7.31. The molecule has 0 aliphatic rings. The van der Waals surface area contributed by atoms with E-state index in [0.717, 1.165) is 11.8 Å². The summed E-state index contributed by atoms with van der Waals surface area (Å²) in [5.74, 6) is 0.0450. The number of alkyl halides is 3. The van der Waals surface area contributed by atoms with E-state index in [4.69, 9.17) is 4.74 Å². The van der Waals surface area contributed by atoms with Crippen molar-refractivity contribution in [3.05, 3.63) is 65.6 Å². The number of methoxy groups -OCH3 is 1. The van der Waals surface area contributed by atoms with Crippen molar-refractivity contribution in [1.29, 1.82) is 0 Å². The van der Waals surface area contributed by atoms with E-state index in [9.17, 15) is 18.0 Å². The van der Waals surface area contributed by atoms with Crippen LogP contribution in [0.1, 0.15) is 21.6 Å². The number of aryl methyl sites for hydroxylation is 1. The lowest BCUT2D eigenvalue weighted by molar-refractivity contribution is -0.141. The smallest absolute Gasteiger partial charge is 0.433 e. The Morgan fingerprint density at radius 1 is 1.03 bits per heavy atom. The highest BCUT2D eigenvalue weighted by atomic mass is 19.4. The summed E-state index contributed by atoms with van der Waals surface area (Å²) in [5, 5.41) is 6.17. The van der Waals surface area contributed by atoms with Crippen LogP contribution in [0.4, 0.5) is 24.8 Å². The molecule has 0 spiro atoms. The predicted octanol–water partition coefficient (Wildman–Crippen LogP) is 4.72. The molecule has 11 heteroatoms. The summed E-state index contributed by atoms with van der Waals surface area (Å²) >= 11 is 0. The number of fused-ring (bicyclic) bond motifs is 1. The van der Waals surface area contributed by atoms with Gasteiger partial charge in [-0.05, 0) is 48.4 Å². The van der Waals surface area contributed by atoms with Gasteiger partial charge in [-0.2, -0.15) is 23.1 Å². The van der Waals surface area contributed by atoms with E-state index in [1.165, 1.54) is 13.2 Å². The second kappa shape index (κ2) is 8.93. The van der Waals surface area contributed by atoms with Gasteiger partial charge in [-0.15, -0.1) is 0 Å². The zero-order valence-electron chi connectivity index (χ0n) is 18.4. The summed E-state index contributed by atoms with van der Waals surface area (Å²) in [6, 6.07) is 8.89. The Balaban J connectivity index is 1.70.